The SMILES string of the molecule is CN(C)CCCN(C)c1ccccc1CNC1CC1. The monoisotopic (exact) mass is 261 g/mol. The Morgan fingerprint density at radius 1 is 1.11 bits per heavy atom. The number of rotatable bonds is 8. The van der Waals surface area contributed by atoms with Crippen LogP contribution in [-0.2, 0) is 6.54 Å². The van der Waals surface area contributed by atoms with Crippen LogP contribution in [0.4, 0.5) is 5.69 Å². The van der Waals surface area contributed by atoms with Crippen molar-refractivity contribution < 1.29 is 0 Å². The topological polar surface area (TPSA) is 18.5 Å². The maximum Gasteiger partial charge on any atom is 0.0409 e. The summed E-state index contributed by atoms with van der Waals surface area (Å²) in [6, 6.07) is 9.53. The molecule has 1 aliphatic carbocycles. The van der Waals surface area contributed by atoms with E-state index in [2.05, 4.69) is 60.5 Å². The van der Waals surface area contributed by atoms with E-state index >= 15 is 0 Å². The van der Waals surface area contributed by atoms with Gasteiger partial charge in [-0.2, -0.15) is 0 Å². The largest absolute Gasteiger partial charge is 0.374 e. The van der Waals surface area contributed by atoms with Crippen LogP contribution in [0.1, 0.15) is 24.8 Å². The Kier molecular flexibility index (Phi) is 5.23. The van der Waals surface area contributed by atoms with Crippen LogP contribution in [0.2, 0.25) is 0 Å². The molecule has 0 aromatic heterocycles. The molecule has 1 fully saturated rings. The van der Waals surface area contributed by atoms with Gasteiger partial charge in [0.2, 0.25) is 0 Å². The highest BCUT2D eigenvalue weighted by molar-refractivity contribution is 5.53. The van der Waals surface area contributed by atoms with E-state index in [0.29, 0.717) is 0 Å². The second-order valence-electron chi connectivity index (χ2n) is 5.86. The third kappa shape index (κ3) is 4.84. The molecule has 106 valence electrons. The van der Waals surface area contributed by atoms with Crippen LogP contribution in [0, 0.1) is 0 Å². The summed E-state index contributed by atoms with van der Waals surface area (Å²) in [5.74, 6) is 0. The van der Waals surface area contributed by atoms with Gasteiger partial charge < -0.3 is 15.1 Å². The summed E-state index contributed by atoms with van der Waals surface area (Å²) in [6.45, 7) is 3.25. The minimum atomic E-state index is 0.770. The fourth-order valence-corrected chi connectivity index (χ4v) is 2.32. The lowest BCUT2D eigenvalue weighted by Gasteiger charge is -2.23. The Balaban J connectivity index is 1.89. The summed E-state index contributed by atoms with van der Waals surface area (Å²) in [6.07, 6.45) is 3.90. The second kappa shape index (κ2) is 6.92. The lowest BCUT2D eigenvalue weighted by atomic mass is 10.1. The van der Waals surface area contributed by atoms with E-state index in [0.717, 1.165) is 25.7 Å². The molecular weight excluding hydrogens is 234 g/mol. The van der Waals surface area contributed by atoms with Gasteiger partial charge in [0, 0.05) is 31.9 Å². The van der Waals surface area contributed by atoms with E-state index in [4.69, 9.17) is 0 Å². The zero-order valence-corrected chi connectivity index (χ0v) is 12.5. The molecule has 19 heavy (non-hydrogen) atoms. The molecule has 1 N–H and O–H groups in total. The first-order chi connectivity index (χ1) is 9.16. The summed E-state index contributed by atoms with van der Waals surface area (Å²) in [5.41, 5.74) is 2.79. The van der Waals surface area contributed by atoms with Crippen LogP contribution in [0.15, 0.2) is 24.3 Å². The van der Waals surface area contributed by atoms with Crippen LogP contribution in [-0.4, -0.2) is 45.2 Å². The normalized spacial score (nSPS) is 14.9. The highest BCUT2D eigenvalue weighted by Crippen LogP contribution is 2.23. The van der Waals surface area contributed by atoms with Crippen molar-refractivity contribution >= 4 is 5.69 Å². The Morgan fingerprint density at radius 3 is 2.53 bits per heavy atom. The molecule has 3 heteroatoms. The third-order valence-corrected chi connectivity index (χ3v) is 3.66. The van der Waals surface area contributed by atoms with E-state index in [9.17, 15) is 0 Å². The first kappa shape index (κ1) is 14.4. The molecule has 0 atom stereocenters. The van der Waals surface area contributed by atoms with Crippen LogP contribution in [0.3, 0.4) is 0 Å². The van der Waals surface area contributed by atoms with Gasteiger partial charge in [-0.25, -0.2) is 0 Å². The summed E-state index contributed by atoms with van der Waals surface area (Å²) >= 11 is 0. The van der Waals surface area contributed by atoms with Crippen LogP contribution >= 0.6 is 0 Å². The maximum atomic E-state index is 3.61. The van der Waals surface area contributed by atoms with Crippen molar-refractivity contribution in [1.29, 1.82) is 0 Å². The summed E-state index contributed by atoms with van der Waals surface area (Å²) in [5, 5.41) is 3.61. The molecule has 0 amide bonds. The lowest BCUT2D eigenvalue weighted by molar-refractivity contribution is 0.401. The molecule has 0 radical (unpaired) electrons. The average molecular weight is 261 g/mol. The number of nitrogens with zero attached hydrogens (tertiary/aromatic N) is 2. The zero-order valence-electron chi connectivity index (χ0n) is 12.5. The van der Waals surface area contributed by atoms with E-state index < -0.39 is 0 Å². The molecule has 1 aromatic rings. The zero-order chi connectivity index (χ0) is 13.7. The number of hydrogen-bond donors (Lipinski definition) is 1. The summed E-state index contributed by atoms with van der Waals surface area (Å²) < 4.78 is 0. The molecule has 3 nitrogen and oxygen atoms in total. The van der Waals surface area contributed by atoms with Crippen LogP contribution in [0.25, 0.3) is 0 Å². The molecular formula is C16H27N3. The summed E-state index contributed by atoms with van der Waals surface area (Å²) in [7, 11) is 6.46. The van der Waals surface area contributed by atoms with E-state index in [1.165, 1.54) is 30.5 Å². The van der Waals surface area contributed by atoms with Gasteiger partial charge in [0.05, 0.1) is 0 Å². The van der Waals surface area contributed by atoms with Gasteiger partial charge in [0.15, 0.2) is 0 Å². The van der Waals surface area contributed by atoms with E-state index in [1.54, 1.807) is 0 Å². The number of anilines is 1. The predicted octanol–water partition coefficient (Wildman–Crippen LogP) is 2.33. The molecule has 1 aliphatic rings. The van der Waals surface area contributed by atoms with Crippen molar-refractivity contribution in [2.24, 2.45) is 0 Å². The first-order valence-electron chi connectivity index (χ1n) is 7.34. The summed E-state index contributed by atoms with van der Waals surface area (Å²) in [4.78, 5) is 4.63. The predicted molar refractivity (Wildman–Crippen MR) is 82.7 cm³/mol. The van der Waals surface area contributed by atoms with E-state index in [-0.39, 0.29) is 0 Å². The van der Waals surface area contributed by atoms with Gasteiger partial charge in [-0.1, -0.05) is 18.2 Å². The highest BCUT2D eigenvalue weighted by Gasteiger charge is 2.20. The van der Waals surface area contributed by atoms with Gasteiger partial charge in [-0.15, -0.1) is 0 Å². The Labute approximate surface area is 117 Å². The maximum absolute atomic E-state index is 3.61. The van der Waals surface area contributed by atoms with Crippen LogP contribution < -0.4 is 10.2 Å². The van der Waals surface area contributed by atoms with Crippen molar-refractivity contribution in [3.63, 3.8) is 0 Å². The van der Waals surface area contributed by atoms with Gasteiger partial charge in [-0.05, 0) is 51.5 Å². The average Bonchev–Trinajstić information content (AvgIpc) is 3.20. The minimum absolute atomic E-state index is 0.770. The van der Waals surface area contributed by atoms with Crippen molar-refractivity contribution in [2.75, 3.05) is 39.1 Å². The number of para-hydroxylation sites is 1. The van der Waals surface area contributed by atoms with Gasteiger partial charge in [-0.3, -0.25) is 0 Å². The fraction of sp³-hybridized carbons (Fsp3) is 0.625. The molecule has 0 spiro atoms. The quantitative estimate of drug-likeness (QED) is 0.775. The number of nitrogens with one attached hydrogen (secondary N) is 1. The van der Waals surface area contributed by atoms with Crippen molar-refractivity contribution in [1.82, 2.24) is 10.2 Å². The molecule has 1 saturated carbocycles. The van der Waals surface area contributed by atoms with Crippen LogP contribution in [0.5, 0.6) is 0 Å². The molecule has 0 bridgehead atoms. The first-order valence-corrected chi connectivity index (χ1v) is 7.34. The van der Waals surface area contributed by atoms with Crippen molar-refractivity contribution in [3.05, 3.63) is 29.8 Å². The van der Waals surface area contributed by atoms with Crippen molar-refractivity contribution in [2.45, 2.75) is 31.8 Å². The fourth-order valence-electron chi connectivity index (χ4n) is 2.32. The van der Waals surface area contributed by atoms with Gasteiger partial charge in [0.1, 0.15) is 0 Å². The Hall–Kier alpha value is -1.06. The Bertz CT molecular complexity index is 385. The molecule has 0 aliphatic heterocycles. The lowest BCUT2D eigenvalue weighted by Crippen LogP contribution is -2.25. The highest BCUT2D eigenvalue weighted by atomic mass is 15.1. The standard InChI is InChI=1S/C16H27N3/c1-18(2)11-6-12-19(3)16-8-5-4-7-14(16)13-17-15-9-10-15/h4-5,7-8,15,17H,6,9-13H2,1-3H3. The molecule has 2 rings (SSSR count). The smallest absolute Gasteiger partial charge is 0.0409 e. The second-order valence-corrected chi connectivity index (χ2v) is 5.86. The van der Waals surface area contributed by atoms with Crippen molar-refractivity contribution in [3.8, 4) is 0 Å². The minimum Gasteiger partial charge on any atom is -0.374 e. The number of hydrogen-bond acceptors (Lipinski definition) is 3. The molecule has 0 saturated heterocycles. The Morgan fingerprint density at radius 2 is 1.84 bits per heavy atom. The third-order valence-electron chi connectivity index (χ3n) is 3.66. The molecule has 0 unspecified atom stereocenters. The van der Waals surface area contributed by atoms with Gasteiger partial charge in [0.25, 0.3) is 0 Å². The number of benzene rings is 1. The van der Waals surface area contributed by atoms with E-state index in [1.807, 2.05) is 0 Å². The van der Waals surface area contributed by atoms with Gasteiger partial charge >= 0.3 is 0 Å². The molecule has 0 heterocycles. The molecule has 1 aromatic carbocycles.